The van der Waals surface area contributed by atoms with Crippen LogP contribution in [-0.4, -0.2) is 18.7 Å². The van der Waals surface area contributed by atoms with Crippen LogP contribution in [0.4, 0.5) is 4.79 Å². The van der Waals surface area contributed by atoms with E-state index in [-0.39, 0.29) is 6.04 Å². The number of nitrogens with one attached hydrogen (secondary N) is 2. The highest BCUT2D eigenvalue weighted by molar-refractivity contribution is 5.66. The average Bonchev–Trinajstić information content (AvgIpc) is 2.12. The fourth-order valence-corrected chi connectivity index (χ4v) is 0.996. The van der Waals surface area contributed by atoms with Gasteiger partial charge in [0, 0.05) is 6.04 Å². The molecule has 0 aliphatic rings. The Kier molecular flexibility index (Phi) is 6.84. The van der Waals surface area contributed by atoms with Crippen molar-refractivity contribution in [2.45, 2.75) is 33.2 Å². The molecule has 0 fully saturated rings. The smallest absolute Gasteiger partial charge is 0.421 e. The number of hydrazine groups is 1. The van der Waals surface area contributed by atoms with Crippen molar-refractivity contribution in [2.24, 2.45) is 5.92 Å². The van der Waals surface area contributed by atoms with Gasteiger partial charge in [0.1, 0.15) is 0 Å². The summed E-state index contributed by atoms with van der Waals surface area (Å²) in [4.78, 5) is 11.0. The van der Waals surface area contributed by atoms with Crippen LogP contribution in [0.15, 0.2) is 12.7 Å². The zero-order chi connectivity index (χ0) is 11.0. The van der Waals surface area contributed by atoms with Crippen LogP contribution in [-0.2, 0) is 4.74 Å². The molecule has 0 saturated carbocycles. The SMILES string of the molecule is C=CCC(NNC(=O)OCC)C(C)C. The molecule has 0 rings (SSSR count). The Morgan fingerprint density at radius 1 is 1.57 bits per heavy atom. The summed E-state index contributed by atoms with van der Waals surface area (Å²) >= 11 is 0. The van der Waals surface area contributed by atoms with Crippen molar-refractivity contribution in [3.8, 4) is 0 Å². The lowest BCUT2D eigenvalue weighted by Crippen LogP contribution is -2.46. The van der Waals surface area contributed by atoms with Gasteiger partial charge in [0.2, 0.25) is 0 Å². The molecule has 1 amide bonds. The van der Waals surface area contributed by atoms with E-state index in [1.165, 1.54) is 0 Å². The monoisotopic (exact) mass is 200 g/mol. The van der Waals surface area contributed by atoms with Crippen molar-refractivity contribution in [3.63, 3.8) is 0 Å². The second-order valence-corrected chi connectivity index (χ2v) is 3.36. The number of carbonyl (C=O) groups is 1. The van der Waals surface area contributed by atoms with E-state index in [0.29, 0.717) is 12.5 Å². The van der Waals surface area contributed by atoms with Crippen LogP contribution >= 0.6 is 0 Å². The molecule has 4 heteroatoms. The van der Waals surface area contributed by atoms with Gasteiger partial charge in [-0.1, -0.05) is 19.9 Å². The summed E-state index contributed by atoms with van der Waals surface area (Å²) in [6.45, 7) is 9.96. The molecule has 0 aromatic carbocycles. The third kappa shape index (κ3) is 5.59. The van der Waals surface area contributed by atoms with Crippen LogP contribution in [0, 0.1) is 5.92 Å². The molecule has 0 aromatic rings. The van der Waals surface area contributed by atoms with Crippen molar-refractivity contribution in [3.05, 3.63) is 12.7 Å². The Labute approximate surface area is 85.7 Å². The topological polar surface area (TPSA) is 50.4 Å². The number of hydrogen-bond acceptors (Lipinski definition) is 3. The van der Waals surface area contributed by atoms with Gasteiger partial charge >= 0.3 is 6.09 Å². The van der Waals surface area contributed by atoms with Crippen molar-refractivity contribution < 1.29 is 9.53 Å². The van der Waals surface area contributed by atoms with Gasteiger partial charge in [-0.05, 0) is 19.3 Å². The second-order valence-electron chi connectivity index (χ2n) is 3.36. The molecule has 0 bridgehead atoms. The van der Waals surface area contributed by atoms with Gasteiger partial charge in [0.05, 0.1) is 6.61 Å². The zero-order valence-electron chi connectivity index (χ0n) is 9.17. The Hall–Kier alpha value is -1.03. The Morgan fingerprint density at radius 3 is 2.64 bits per heavy atom. The van der Waals surface area contributed by atoms with Crippen molar-refractivity contribution >= 4 is 6.09 Å². The van der Waals surface area contributed by atoms with Gasteiger partial charge in [0.15, 0.2) is 0 Å². The fraction of sp³-hybridized carbons (Fsp3) is 0.700. The summed E-state index contributed by atoms with van der Waals surface area (Å²) in [6.07, 6.45) is 2.19. The number of ether oxygens (including phenoxy) is 1. The van der Waals surface area contributed by atoms with Gasteiger partial charge in [-0.15, -0.1) is 6.58 Å². The van der Waals surface area contributed by atoms with E-state index in [2.05, 4.69) is 31.3 Å². The Bertz CT molecular complexity index is 181. The molecule has 0 radical (unpaired) electrons. The first kappa shape index (κ1) is 13.0. The average molecular weight is 200 g/mol. The van der Waals surface area contributed by atoms with Gasteiger partial charge in [0.25, 0.3) is 0 Å². The minimum absolute atomic E-state index is 0.192. The van der Waals surface area contributed by atoms with E-state index in [0.717, 1.165) is 6.42 Å². The predicted molar refractivity (Wildman–Crippen MR) is 56.7 cm³/mol. The summed E-state index contributed by atoms with van der Waals surface area (Å²) in [5.41, 5.74) is 5.40. The standard InChI is InChI=1S/C10H20N2O2/c1-5-7-9(8(3)4)11-12-10(13)14-6-2/h5,8-9,11H,1,6-7H2,2-4H3,(H,12,13). The van der Waals surface area contributed by atoms with Crippen LogP contribution < -0.4 is 10.9 Å². The summed E-state index contributed by atoms with van der Waals surface area (Å²) in [5, 5.41) is 0. The molecule has 82 valence electrons. The van der Waals surface area contributed by atoms with Crippen LogP contribution in [0.1, 0.15) is 27.2 Å². The zero-order valence-corrected chi connectivity index (χ0v) is 9.17. The minimum atomic E-state index is -0.442. The molecule has 0 aliphatic carbocycles. The maximum atomic E-state index is 11.0. The lowest BCUT2D eigenvalue weighted by molar-refractivity contribution is 0.143. The van der Waals surface area contributed by atoms with Gasteiger partial charge < -0.3 is 4.74 Å². The molecule has 0 saturated heterocycles. The van der Waals surface area contributed by atoms with E-state index >= 15 is 0 Å². The highest BCUT2D eigenvalue weighted by atomic mass is 16.5. The molecule has 0 aliphatic heterocycles. The molecule has 14 heavy (non-hydrogen) atoms. The lowest BCUT2D eigenvalue weighted by Gasteiger charge is -2.20. The molecular formula is C10H20N2O2. The van der Waals surface area contributed by atoms with Gasteiger partial charge in [-0.2, -0.15) is 0 Å². The van der Waals surface area contributed by atoms with E-state index in [4.69, 9.17) is 4.74 Å². The van der Waals surface area contributed by atoms with E-state index in [1.54, 1.807) is 6.92 Å². The maximum absolute atomic E-state index is 11.0. The molecule has 0 heterocycles. The third-order valence-corrected chi connectivity index (χ3v) is 1.86. The van der Waals surface area contributed by atoms with Gasteiger partial charge in [-0.3, -0.25) is 5.43 Å². The minimum Gasteiger partial charge on any atom is -0.449 e. The molecule has 4 nitrogen and oxygen atoms in total. The first-order chi connectivity index (χ1) is 6.61. The highest BCUT2D eigenvalue weighted by Gasteiger charge is 2.11. The van der Waals surface area contributed by atoms with Crippen LogP contribution in [0.3, 0.4) is 0 Å². The van der Waals surface area contributed by atoms with Crippen LogP contribution in [0.25, 0.3) is 0 Å². The summed E-state index contributed by atoms with van der Waals surface area (Å²) in [5.74, 6) is 0.426. The van der Waals surface area contributed by atoms with Crippen molar-refractivity contribution in [1.82, 2.24) is 10.9 Å². The quantitative estimate of drug-likeness (QED) is 0.508. The predicted octanol–water partition coefficient (Wildman–Crippen LogP) is 1.84. The summed E-state index contributed by atoms with van der Waals surface area (Å²) in [6, 6.07) is 0.192. The number of rotatable bonds is 6. The molecule has 0 spiro atoms. The van der Waals surface area contributed by atoms with Crippen LogP contribution in [0.5, 0.6) is 0 Å². The molecule has 1 atom stereocenters. The first-order valence-electron chi connectivity index (χ1n) is 4.91. The Balaban J connectivity index is 3.80. The maximum Gasteiger partial charge on any atom is 0.421 e. The molecular weight excluding hydrogens is 180 g/mol. The van der Waals surface area contributed by atoms with Crippen molar-refractivity contribution in [1.29, 1.82) is 0 Å². The normalized spacial score (nSPS) is 12.3. The van der Waals surface area contributed by atoms with E-state index in [9.17, 15) is 4.79 Å². The second kappa shape index (κ2) is 7.38. The number of hydrogen-bond donors (Lipinski definition) is 2. The van der Waals surface area contributed by atoms with E-state index in [1.807, 2.05) is 6.08 Å². The fourth-order valence-electron chi connectivity index (χ4n) is 0.996. The Morgan fingerprint density at radius 2 is 2.21 bits per heavy atom. The molecule has 2 N–H and O–H groups in total. The first-order valence-corrected chi connectivity index (χ1v) is 4.91. The highest BCUT2D eigenvalue weighted by Crippen LogP contribution is 2.04. The van der Waals surface area contributed by atoms with Crippen LogP contribution in [0.2, 0.25) is 0 Å². The number of amides is 1. The van der Waals surface area contributed by atoms with Crippen molar-refractivity contribution in [2.75, 3.05) is 6.61 Å². The largest absolute Gasteiger partial charge is 0.449 e. The van der Waals surface area contributed by atoms with E-state index < -0.39 is 6.09 Å². The molecule has 1 unspecified atom stereocenters. The molecule has 0 aromatic heterocycles. The third-order valence-electron chi connectivity index (χ3n) is 1.86. The summed E-state index contributed by atoms with van der Waals surface area (Å²) < 4.78 is 4.71. The van der Waals surface area contributed by atoms with Gasteiger partial charge in [-0.25, -0.2) is 10.2 Å². The number of carbonyl (C=O) groups excluding carboxylic acids is 1. The lowest BCUT2D eigenvalue weighted by atomic mass is 10.0. The summed E-state index contributed by atoms with van der Waals surface area (Å²) in [7, 11) is 0.